The summed E-state index contributed by atoms with van der Waals surface area (Å²) >= 11 is 5.97. The molecule has 2 rings (SSSR count). The molecule has 0 amide bonds. The lowest BCUT2D eigenvalue weighted by atomic mass is 10.1. The molecule has 0 radical (unpaired) electrons. The molecule has 0 unspecified atom stereocenters. The maximum Gasteiger partial charge on any atom is 0.124 e. The standard InChI is InChI=1S/C16H17ClFNO/c17-16-9-14(18)7-6-13(16)10-19-15(11-20)8-12-4-2-1-3-5-12/h1-7,9,15,19-20H,8,10-11H2/t15-/m1/s1. The zero-order valence-electron chi connectivity index (χ0n) is 11.0. The van der Waals surface area contributed by atoms with Crippen molar-refractivity contribution in [1.29, 1.82) is 0 Å². The normalized spacial score (nSPS) is 12.3. The van der Waals surface area contributed by atoms with Crippen LogP contribution in [0.2, 0.25) is 5.02 Å². The minimum atomic E-state index is -0.346. The number of aliphatic hydroxyl groups is 1. The number of hydrogen-bond acceptors (Lipinski definition) is 2. The Bertz CT molecular complexity index is 547. The van der Waals surface area contributed by atoms with Crippen LogP contribution in [0.3, 0.4) is 0 Å². The zero-order chi connectivity index (χ0) is 14.4. The summed E-state index contributed by atoms with van der Waals surface area (Å²) in [6.07, 6.45) is 0.732. The van der Waals surface area contributed by atoms with Crippen LogP contribution in [0.25, 0.3) is 0 Å². The van der Waals surface area contributed by atoms with Gasteiger partial charge in [-0.25, -0.2) is 4.39 Å². The topological polar surface area (TPSA) is 32.3 Å². The molecule has 2 aromatic rings. The maximum atomic E-state index is 13.0. The van der Waals surface area contributed by atoms with Crippen LogP contribution in [0.5, 0.6) is 0 Å². The molecular formula is C16H17ClFNO. The molecule has 1 atom stereocenters. The number of aliphatic hydroxyl groups excluding tert-OH is 1. The number of halogens is 2. The Kier molecular flexibility index (Phi) is 5.53. The summed E-state index contributed by atoms with van der Waals surface area (Å²) < 4.78 is 13.0. The first-order valence-electron chi connectivity index (χ1n) is 6.51. The van der Waals surface area contributed by atoms with E-state index in [1.165, 1.54) is 12.1 Å². The van der Waals surface area contributed by atoms with E-state index in [1.54, 1.807) is 6.07 Å². The SMILES string of the molecule is OC[C@@H](Cc1ccccc1)NCc1ccc(F)cc1Cl. The van der Waals surface area contributed by atoms with Gasteiger partial charge in [-0.1, -0.05) is 48.0 Å². The van der Waals surface area contributed by atoms with E-state index in [2.05, 4.69) is 5.32 Å². The molecule has 20 heavy (non-hydrogen) atoms. The van der Waals surface area contributed by atoms with Crippen molar-refractivity contribution in [3.05, 3.63) is 70.5 Å². The van der Waals surface area contributed by atoms with Crippen LogP contribution in [0, 0.1) is 5.82 Å². The highest BCUT2D eigenvalue weighted by atomic mass is 35.5. The van der Waals surface area contributed by atoms with Crippen molar-refractivity contribution in [2.24, 2.45) is 0 Å². The molecule has 0 aliphatic heterocycles. The van der Waals surface area contributed by atoms with E-state index in [1.807, 2.05) is 30.3 Å². The van der Waals surface area contributed by atoms with Gasteiger partial charge in [0.25, 0.3) is 0 Å². The lowest BCUT2D eigenvalue weighted by molar-refractivity contribution is 0.241. The summed E-state index contributed by atoms with van der Waals surface area (Å²) in [4.78, 5) is 0. The summed E-state index contributed by atoms with van der Waals surface area (Å²) in [5.41, 5.74) is 1.98. The monoisotopic (exact) mass is 293 g/mol. The molecule has 0 fully saturated rings. The predicted molar refractivity (Wildman–Crippen MR) is 79.3 cm³/mol. The van der Waals surface area contributed by atoms with Crippen LogP contribution < -0.4 is 5.32 Å². The first-order chi connectivity index (χ1) is 9.69. The Hall–Kier alpha value is -1.42. The Labute approximate surface area is 123 Å². The Morgan fingerprint density at radius 1 is 1.15 bits per heavy atom. The second-order valence-electron chi connectivity index (χ2n) is 4.69. The van der Waals surface area contributed by atoms with Crippen molar-refractivity contribution in [1.82, 2.24) is 5.32 Å². The average molecular weight is 294 g/mol. The van der Waals surface area contributed by atoms with Crippen LogP contribution in [0.1, 0.15) is 11.1 Å². The predicted octanol–water partition coefficient (Wildman–Crippen LogP) is 3.17. The van der Waals surface area contributed by atoms with Gasteiger partial charge in [0.15, 0.2) is 0 Å². The second-order valence-corrected chi connectivity index (χ2v) is 5.09. The van der Waals surface area contributed by atoms with Crippen molar-refractivity contribution in [2.75, 3.05) is 6.61 Å². The number of nitrogens with one attached hydrogen (secondary N) is 1. The first-order valence-corrected chi connectivity index (χ1v) is 6.89. The molecule has 106 valence electrons. The molecular weight excluding hydrogens is 277 g/mol. The molecule has 0 saturated heterocycles. The van der Waals surface area contributed by atoms with Crippen LogP contribution in [-0.2, 0) is 13.0 Å². The molecule has 2 aromatic carbocycles. The van der Waals surface area contributed by atoms with Gasteiger partial charge in [0.2, 0.25) is 0 Å². The van der Waals surface area contributed by atoms with E-state index in [4.69, 9.17) is 11.6 Å². The van der Waals surface area contributed by atoms with Gasteiger partial charge >= 0.3 is 0 Å². The summed E-state index contributed by atoms with van der Waals surface area (Å²) in [5.74, 6) is -0.346. The lowest BCUT2D eigenvalue weighted by Gasteiger charge is -2.17. The van der Waals surface area contributed by atoms with E-state index in [0.717, 1.165) is 17.5 Å². The van der Waals surface area contributed by atoms with E-state index in [0.29, 0.717) is 11.6 Å². The minimum Gasteiger partial charge on any atom is -0.395 e. The third-order valence-corrected chi connectivity index (χ3v) is 3.49. The fourth-order valence-corrected chi connectivity index (χ4v) is 2.25. The minimum absolute atomic E-state index is 0.0354. The Balaban J connectivity index is 1.93. The van der Waals surface area contributed by atoms with Gasteiger partial charge in [-0.15, -0.1) is 0 Å². The summed E-state index contributed by atoms with van der Waals surface area (Å²) in [7, 11) is 0. The molecule has 0 aliphatic rings. The third-order valence-electron chi connectivity index (χ3n) is 3.14. The average Bonchev–Trinajstić information content (AvgIpc) is 2.46. The van der Waals surface area contributed by atoms with E-state index in [9.17, 15) is 9.50 Å². The number of hydrogen-bond donors (Lipinski definition) is 2. The Morgan fingerprint density at radius 3 is 2.55 bits per heavy atom. The second kappa shape index (κ2) is 7.39. The first kappa shape index (κ1) is 15.0. The van der Waals surface area contributed by atoms with Gasteiger partial charge in [0.1, 0.15) is 5.82 Å². The molecule has 0 bridgehead atoms. The fraction of sp³-hybridized carbons (Fsp3) is 0.250. The van der Waals surface area contributed by atoms with Crippen molar-refractivity contribution < 1.29 is 9.50 Å². The van der Waals surface area contributed by atoms with Crippen LogP contribution in [-0.4, -0.2) is 17.8 Å². The maximum absolute atomic E-state index is 13.0. The molecule has 0 aromatic heterocycles. The molecule has 0 spiro atoms. The number of benzene rings is 2. The largest absolute Gasteiger partial charge is 0.395 e. The van der Waals surface area contributed by atoms with Crippen LogP contribution >= 0.6 is 11.6 Å². The Morgan fingerprint density at radius 2 is 1.90 bits per heavy atom. The smallest absolute Gasteiger partial charge is 0.124 e. The van der Waals surface area contributed by atoms with Gasteiger partial charge in [0.05, 0.1) is 6.61 Å². The van der Waals surface area contributed by atoms with E-state index >= 15 is 0 Å². The van der Waals surface area contributed by atoms with Gasteiger partial charge in [-0.2, -0.15) is 0 Å². The highest BCUT2D eigenvalue weighted by molar-refractivity contribution is 6.31. The molecule has 4 heteroatoms. The van der Waals surface area contributed by atoms with E-state index < -0.39 is 0 Å². The van der Waals surface area contributed by atoms with Crippen molar-refractivity contribution in [2.45, 2.75) is 19.0 Å². The van der Waals surface area contributed by atoms with Gasteiger partial charge in [-0.3, -0.25) is 0 Å². The molecule has 2 nitrogen and oxygen atoms in total. The molecule has 0 aliphatic carbocycles. The van der Waals surface area contributed by atoms with Crippen LogP contribution in [0.15, 0.2) is 48.5 Å². The summed E-state index contributed by atoms with van der Waals surface area (Å²) in [6.45, 7) is 0.533. The highest BCUT2D eigenvalue weighted by Gasteiger charge is 2.09. The van der Waals surface area contributed by atoms with Crippen LogP contribution in [0.4, 0.5) is 4.39 Å². The lowest BCUT2D eigenvalue weighted by Crippen LogP contribution is -2.34. The quantitative estimate of drug-likeness (QED) is 0.857. The molecule has 2 N–H and O–H groups in total. The van der Waals surface area contributed by atoms with Crippen molar-refractivity contribution in [3.8, 4) is 0 Å². The van der Waals surface area contributed by atoms with Gasteiger partial charge in [0, 0.05) is 17.6 Å². The summed E-state index contributed by atoms with van der Waals surface area (Å²) in [6, 6.07) is 14.2. The van der Waals surface area contributed by atoms with Gasteiger partial charge in [-0.05, 0) is 29.7 Å². The van der Waals surface area contributed by atoms with E-state index in [-0.39, 0.29) is 18.5 Å². The molecule has 0 heterocycles. The van der Waals surface area contributed by atoms with Gasteiger partial charge < -0.3 is 10.4 Å². The highest BCUT2D eigenvalue weighted by Crippen LogP contribution is 2.17. The summed E-state index contributed by atoms with van der Waals surface area (Å²) in [5, 5.41) is 13.1. The van der Waals surface area contributed by atoms with Crippen molar-refractivity contribution in [3.63, 3.8) is 0 Å². The third kappa shape index (κ3) is 4.30. The number of rotatable bonds is 6. The fourth-order valence-electron chi connectivity index (χ4n) is 2.02. The molecule has 0 saturated carbocycles. The van der Waals surface area contributed by atoms with Crippen molar-refractivity contribution >= 4 is 11.6 Å². The zero-order valence-corrected chi connectivity index (χ0v) is 11.8.